The van der Waals surface area contributed by atoms with E-state index in [1.54, 1.807) is 0 Å². The molecule has 1 heterocycles. The van der Waals surface area contributed by atoms with Gasteiger partial charge in [0.1, 0.15) is 13.2 Å². The smallest absolute Gasteiger partial charge is 0.876 e. The van der Waals surface area contributed by atoms with Gasteiger partial charge in [-0.1, -0.05) is 19.1 Å². The minimum Gasteiger partial charge on any atom is -0.876 e. The standard InChI is InChI=1S/C14H20O5.C5H8O2.2NO3.3H2O.Tb/c1-2-4-14-13(3-1)18-11-9-16-7-5-15-6-8-17-10-12-19-14;1-4(6)3-5(2)7;2*2-1(3)4;;;;/h1-4H,5-12H2;3,6H,1-2H3;;;3*1H2;/q;;2*-1;;;;+3/p+2/b;4-3-;;;;;;. The van der Waals surface area contributed by atoms with E-state index in [4.69, 9.17) is 54.3 Å². The first-order valence-corrected chi connectivity index (χ1v) is 9.63. The third kappa shape index (κ3) is 43.5. The molecule has 0 atom stereocenters. The van der Waals surface area contributed by atoms with Gasteiger partial charge in [0.2, 0.25) is 0 Å². The maximum atomic E-state index is 9.98. The summed E-state index contributed by atoms with van der Waals surface area (Å²) in [6.45, 7) is 7.06. The Bertz CT molecular complexity index is 681. The molecule has 38 heavy (non-hydrogen) atoms. The average molecular weight is 707 g/mol. The van der Waals surface area contributed by atoms with Crippen LogP contribution in [0.4, 0.5) is 0 Å². The van der Waals surface area contributed by atoms with Crippen molar-refractivity contribution in [2.75, 3.05) is 52.9 Å². The number of benzene rings is 1. The Morgan fingerprint density at radius 1 is 0.711 bits per heavy atom. The number of hydrogen-bond donors (Lipinski definition) is 0. The minimum atomic E-state index is -1.75. The van der Waals surface area contributed by atoms with Gasteiger partial charge >= 0.3 is 38.6 Å². The number of fused-ring (bicyclic) bond motifs is 1. The zero-order chi connectivity index (χ0) is 26.2. The van der Waals surface area contributed by atoms with E-state index in [2.05, 4.69) is 0 Å². The Kier molecular flexibility index (Phi) is 44.0. The molecule has 0 spiro atoms. The number of nitrogens with zero attached hydrogens (tertiary/aromatic N) is 2. The number of allylic oxidation sites excluding steroid dienone is 2. The second kappa shape index (κ2) is 34.5. The van der Waals surface area contributed by atoms with Gasteiger partial charge in [-0.2, -0.15) is 0 Å². The van der Waals surface area contributed by atoms with Crippen molar-refractivity contribution < 1.29 is 98.8 Å². The van der Waals surface area contributed by atoms with Crippen LogP contribution >= 0.6 is 0 Å². The Balaban J connectivity index is -0.000000114. The molecule has 9 N–H and O–H groups in total. The van der Waals surface area contributed by atoms with E-state index in [-0.39, 0.29) is 66.6 Å². The fraction of sp³-hybridized carbons (Fsp3) is 0.526. The number of carbonyl (C=O) groups excluding carboxylic acids is 1. The van der Waals surface area contributed by atoms with Gasteiger partial charge in [-0.15, -0.1) is 5.76 Å². The third-order valence-corrected chi connectivity index (χ3v) is 2.97. The van der Waals surface area contributed by atoms with Gasteiger partial charge < -0.3 is 75.9 Å². The van der Waals surface area contributed by atoms with Crippen LogP contribution in [-0.2, 0) is 35.4 Å². The van der Waals surface area contributed by atoms with Crippen LogP contribution in [0.15, 0.2) is 36.1 Å². The molecule has 1 aromatic rings. The van der Waals surface area contributed by atoms with Gasteiger partial charge in [0.25, 0.3) is 0 Å². The molecule has 1 aliphatic heterocycles. The van der Waals surface area contributed by atoms with Gasteiger partial charge in [-0.25, -0.2) is 0 Å². The van der Waals surface area contributed by atoms with Gasteiger partial charge in [0.05, 0.1) is 49.8 Å². The first kappa shape index (κ1) is 48.5. The molecule has 18 nitrogen and oxygen atoms in total. The summed E-state index contributed by atoms with van der Waals surface area (Å²) >= 11 is 0. The Labute approximate surface area is 248 Å². The van der Waals surface area contributed by atoms with E-state index in [9.17, 15) is 9.90 Å². The molecule has 19 heteroatoms. The molecule has 0 amide bonds. The molecule has 0 saturated heterocycles. The van der Waals surface area contributed by atoms with Crippen LogP contribution in [0.3, 0.4) is 0 Å². The van der Waals surface area contributed by atoms with Crippen LogP contribution in [0.1, 0.15) is 13.8 Å². The van der Waals surface area contributed by atoms with Crippen LogP contribution < -0.4 is 14.6 Å². The van der Waals surface area contributed by atoms with Gasteiger partial charge in [-0.3, -0.25) is 4.79 Å². The second-order valence-corrected chi connectivity index (χ2v) is 5.79. The summed E-state index contributed by atoms with van der Waals surface area (Å²) in [7, 11) is 0. The predicted octanol–water partition coefficient (Wildman–Crippen LogP) is -1.90. The summed E-state index contributed by atoms with van der Waals surface area (Å²) in [4.78, 5) is 26.5. The van der Waals surface area contributed by atoms with Gasteiger partial charge in [-0.05, 0) is 25.1 Å². The molecule has 0 radical (unpaired) electrons. The number of carbonyl (C=O) groups is 1. The molecular formula is C19H36N2O16Tb+3. The number of ketones is 1. The summed E-state index contributed by atoms with van der Waals surface area (Å²) in [6, 6.07) is 7.61. The van der Waals surface area contributed by atoms with Gasteiger partial charge in [0, 0.05) is 0 Å². The summed E-state index contributed by atoms with van der Waals surface area (Å²) in [6.07, 6.45) is 1.06. The van der Waals surface area contributed by atoms with Crippen molar-refractivity contribution in [3.8, 4) is 11.5 Å². The van der Waals surface area contributed by atoms with E-state index < -0.39 is 10.2 Å². The molecule has 224 valence electrons. The molecule has 1 aliphatic rings. The topological polar surface area (TPSA) is 318 Å². The maximum Gasteiger partial charge on any atom is 3.00 e. The van der Waals surface area contributed by atoms with E-state index in [0.717, 1.165) is 17.6 Å². The number of rotatable bonds is 1. The van der Waals surface area contributed by atoms with Crippen LogP contribution in [0.5, 0.6) is 11.5 Å². The van der Waals surface area contributed by atoms with Crippen LogP contribution in [0.2, 0.25) is 0 Å². The van der Waals surface area contributed by atoms with E-state index in [1.165, 1.54) is 13.8 Å². The van der Waals surface area contributed by atoms with Crippen molar-refractivity contribution >= 4 is 5.78 Å². The first-order valence-electron chi connectivity index (χ1n) is 9.63. The monoisotopic (exact) mass is 707 g/mol. The molecule has 2 rings (SSSR count). The maximum absolute atomic E-state index is 9.98. The molecule has 0 aromatic heterocycles. The van der Waals surface area contributed by atoms with E-state index in [1.807, 2.05) is 24.3 Å². The van der Waals surface area contributed by atoms with Crippen molar-refractivity contribution in [3.05, 3.63) is 66.7 Å². The minimum absolute atomic E-state index is 0. The first-order chi connectivity index (χ1) is 16.1. The largest absolute Gasteiger partial charge is 3.00 e. The second-order valence-electron chi connectivity index (χ2n) is 5.79. The SMILES string of the molecule is CC(=O)/C=C(/C)[O-].O=[N+]([O-])[O-].O=[N+]([O-])[O-].[OH3+].[OH3+].[OH3+].[Tb+3].c1ccc2c(c1)OCCOCCOCCOCCO2. The summed E-state index contributed by atoms with van der Waals surface area (Å²) in [5.41, 5.74) is 0. The van der Waals surface area contributed by atoms with Crippen LogP contribution in [-0.4, -0.2) is 68.8 Å². The molecule has 0 unspecified atom stereocenters. The summed E-state index contributed by atoms with van der Waals surface area (Å²) in [5, 5.41) is 39.5. The quantitative estimate of drug-likeness (QED) is 0.101. The molecule has 0 saturated carbocycles. The zero-order valence-electron chi connectivity index (χ0n) is 20.8. The van der Waals surface area contributed by atoms with Crippen molar-refractivity contribution in [2.45, 2.75) is 13.8 Å². The third-order valence-electron chi connectivity index (χ3n) is 2.97. The van der Waals surface area contributed by atoms with E-state index in [0.29, 0.717) is 52.9 Å². The number of para-hydroxylation sites is 2. The van der Waals surface area contributed by atoms with E-state index >= 15 is 0 Å². The summed E-state index contributed by atoms with van der Waals surface area (Å²) < 4.78 is 27.4. The predicted molar refractivity (Wildman–Crippen MR) is 130 cm³/mol. The van der Waals surface area contributed by atoms with Crippen molar-refractivity contribution in [2.24, 2.45) is 0 Å². The molecule has 1 aromatic carbocycles. The Morgan fingerprint density at radius 3 is 1.18 bits per heavy atom. The average Bonchev–Trinajstić information content (AvgIpc) is 2.71. The number of ether oxygens (including phenoxy) is 5. The normalized spacial score (nSPS) is 12.9. The molecule has 0 fully saturated rings. The summed E-state index contributed by atoms with van der Waals surface area (Å²) in [5.74, 6) is 1.09. The zero-order valence-corrected chi connectivity index (χ0v) is 22.9. The molecular weight excluding hydrogens is 671 g/mol. The molecule has 0 aliphatic carbocycles. The van der Waals surface area contributed by atoms with Crippen molar-refractivity contribution in [1.29, 1.82) is 0 Å². The van der Waals surface area contributed by atoms with Crippen molar-refractivity contribution in [3.63, 3.8) is 0 Å². The fourth-order valence-electron chi connectivity index (χ4n) is 1.94. The Hall–Kier alpha value is -2.52. The number of hydrogen-bond acceptors (Lipinski definition) is 13. The van der Waals surface area contributed by atoms with Crippen LogP contribution in [0.25, 0.3) is 0 Å². The van der Waals surface area contributed by atoms with Crippen molar-refractivity contribution in [1.82, 2.24) is 0 Å². The van der Waals surface area contributed by atoms with Crippen LogP contribution in [0, 0.1) is 69.3 Å². The molecule has 0 bridgehead atoms. The van der Waals surface area contributed by atoms with Gasteiger partial charge in [0.15, 0.2) is 17.3 Å². The fourth-order valence-corrected chi connectivity index (χ4v) is 1.94. The Morgan fingerprint density at radius 2 is 0.974 bits per heavy atom.